The maximum atomic E-state index is 13.7. The minimum Gasteiger partial charge on any atom is -0.479 e. The predicted octanol–water partition coefficient (Wildman–Crippen LogP) is 3.90. The molecule has 0 radical (unpaired) electrons. The lowest BCUT2D eigenvalue weighted by Gasteiger charge is -2.29. The van der Waals surface area contributed by atoms with Gasteiger partial charge in [-0.25, -0.2) is 9.98 Å². The number of nitrogens with one attached hydrogen (secondary N) is 2. The van der Waals surface area contributed by atoms with Crippen molar-refractivity contribution >= 4 is 46.3 Å². The molecule has 2 atom stereocenters. The molecule has 4 rings (SSSR count). The van der Waals surface area contributed by atoms with Crippen LogP contribution in [0.25, 0.3) is 0 Å². The molecule has 2 unspecified atom stereocenters. The van der Waals surface area contributed by atoms with Crippen molar-refractivity contribution in [2.75, 3.05) is 24.4 Å². The largest absolute Gasteiger partial charge is 0.479 e. The molecule has 2 N–H and O–H groups in total. The number of aryl methyl sites for hydroxylation is 1. The monoisotopic (exact) mass is 546 g/mol. The maximum Gasteiger partial charge on any atom is 0.274 e. The Bertz CT molecular complexity index is 1570. The van der Waals surface area contributed by atoms with Crippen LogP contribution in [-0.4, -0.2) is 46.0 Å². The molecule has 0 bridgehead atoms. The summed E-state index contributed by atoms with van der Waals surface area (Å²) in [5.41, 5.74) is 1.26. The van der Waals surface area contributed by atoms with Crippen LogP contribution in [0.1, 0.15) is 31.0 Å². The SMILES string of the molecule is CNc1ncc(N=C(C(C)C)C2C(=N)C(=O)N(c3cc(Cl)cn(C)c3=O)C2c2ccc(C#N)cc2)c(OC)n1. The molecule has 1 amide bonds. The van der Waals surface area contributed by atoms with Crippen molar-refractivity contribution in [2.24, 2.45) is 23.9 Å². The van der Waals surface area contributed by atoms with Crippen LogP contribution in [0, 0.1) is 28.6 Å². The van der Waals surface area contributed by atoms with Crippen LogP contribution in [0.4, 0.5) is 17.3 Å². The summed E-state index contributed by atoms with van der Waals surface area (Å²) in [5, 5.41) is 21.4. The van der Waals surface area contributed by atoms with Crippen molar-refractivity contribution in [3.05, 3.63) is 69.2 Å². The van der Waals surface area contributed by atoms with Gasteiger partial charge >= 0.3 is 0 Å². The fourth-order valence-corrected chi connectivity index (χ4v) is 4.84. The van der Waals surface area contributed by atoms with Crippen LogP contribution < -0.4 is 20.5 Å². The Kier molecular flexibility index (Phi) is 7.78. The summed E-state index contributed by atoms with van der Waals surface area (Å²) in [6.07, 6.45) is 2.96. The number of amides is 1. The van der Waals surface area contributed by atoms with E-state index >= 15 is 0 Å². The smallest absolute Gasteiger partial charge is 0.274 e. The summed E-state index contributed by atoms with van der Waals surface area (Å²) in [4.78, 5) is 41.6. The zero-order chi connectivity index (χ0) is 28.4. The van der Waals surface area contributed by atoms with Gasteiger partial charge in [0.25, 0.3) is 11.5 Å². The summed E-state index contributed by atoms with van der Waals surface area (Å²) in [6.45, 7) is 3.81. The fourth-order valence-electron chi connectivity index (χ4n) is 4.59. The fraction of sp³-hybridized carbons (Fsp3) is 0.296. The molecule has 0 saturated carbocycles. The van der Waals surface area contributed by atoms with Crippen LogP contribution >= 0.6 is 11.6 Å². The molecule has 200 valence electrons. The Morgan fingerprint density at radius 2 is 1.97 bits per heavy atom. The molecular weight excluding hydrogens is 520 g/mol. The number of pyridine rings is 1. The molecule has 39 heavy (non-hydrogen) atoms. The zero-order valence-electron chi connectivity index (χ0n) is 22.1. The molecule has 1 fully saturated rings. The molecule has 0 spiro atoms. The zero-order valence-corrected chi connectivity index (χ0v) is 22.8. The van der Waals surface area contributed by atoms with E-state index in [1.807, 2.05) is 13.8 Å². The standard InChI is InChI=1S/C27H27ClN8O3/c1-14(2)22(33-18-12-32-27(31-3)34-24(18)39-5)20-21(30)26(38)36(19-10-17(28)13-35(4)25(19)37)23(20)16-8-6-15(11-29)7-9-16/h6-10,12-14,20,23,30H,1-5H3,(H,31,32,34). The van der Waals surface area contributed by atoms with Gasteiger partial charge in [-0.05, 0) is 29.7 Å². The van der Waals surface area contributed by atoms with E-state index in [0.29, 0.717) is 28.5 Å². The number of anilines is 2. The summed E-state index contributed by atoms with van der Waals surface area (Å²) in [7, 11) is 4.69. The number of aromatic nitrogens is 3. The molecular formula is C27H27ClN8O3. The van der Waals surface area contributed by atoms with Crippen molar-refractivity contribution in [1.82, 2.24) is 14.5 Å². The van der Waals surface area contributed by atoms with Crippen molar-refractivity contribution < 1.29 is 9.53 Å². The second-order valence-electron chi connectivity index (χ2n) is 9.23. The van der Waals surface area contributed by atoms with Gasteiger partial charge in [0.05, 0.1) is 41.9 Å². The van der Waals surface area contributed by atoms with E-state index in [9.17, 15) is 14.9 Å². The Hall–Kier alpha value is -4.56. The third-order valence-electron chi connectivity index (χ3n) is 6.44. The number of hydrogen-bond donors (Lipinski definition) is 2. The van der Waals surface area contributed by atoms with E-state index in [1.165, 1.54) is 35.0 Å². The number of hydrogen-bond acceptors (Lipinski definition) is 9. The Morgan fingerprint density at radius 3 is 2.56 bits per heavy atom. The van der Waals surface area contributed by atoms with Crippen LogP contribution in [-0.2, 0) is 11.8 Å². The first-order valence-electron chi connectivity index (χ1n) is 12.1. The highest BCUT2D eigenvalue weighted by molar-refractivity contribution is 6.49. The van der Waals surface area contributed by atoms with Crippen LogP contribution in [0.5, 0.6) is 5.88 Å². The number of halogens is 1. The van der Waals surface area contributed by atoms with E-state index in [1.54, 1.807) is 38.4 Å². The lowest BCUT2D eigenvalue weighted by atomic mass is 9.83. The number of benzene rings is 1. The van der Waals surface area contributed by atoms with E-state index < -0.39 is 23.4 Å². The first-order valence-corrected chi connectivity index (χ1v) is 12.4. The highest BCUT2D eigenvalue weighted by Gasteiger charge is 2.50. The number of carbonyl (C=O) groups excluding carboxylic acids is 1. The van der Waals surface area contributed by atoms with Gasteiger partial charge in [0.1, 0.15) is 17.1 Å². The molecule has 11 nitrogen and oxygen atoms in total. The van der Waals surface area contributed by atoms with Gasteiger partial charge in [-0.3, -0.25) is 19.9 Å². The van der Waals surface area contributed by atoms with Gasteiger partial charge in [0.2, 0.25) is 11.8 Å². The molecule has 3 aromatic rings. The van der Waals surface area contributed by atoms with Gasteiger partial charge in [-0.15, -0.1) is 0 Å². The van der Waals surface area contributed by atoms with Gasteiger partial charge in [-0.1, -0.05) is 37.6 Å². The average molecular weight is 547 g/mol. The highest BCUT2D eigenvalue weighted by atomic mass is 35.5. The summed E-state index contributed by atoms with van der Waals surface area (Å²) in [5.74, 6) is -1.14. The summed E-state index contributed by atoms with van der Waals surface area (Å²) >= 11 is 6.29. The maximum absolute atomic E-state index is 13.7. The van der Waals surface area contributed by atoms with Crippen LogP contribution in [0.2, 0.25) is 5.02 Å². The lowest BCUT2D eigenvalue weighted by Crippen LogP contribution is -2.36. The second-order valence-corrected chi connectivity index (χ2v) is 9.67. The van der Waals surface area contributed by atoms with Crippen molar-refractivity contribution in [3.63, 3.8) is 0 Å². The molecule has 1 aromatic carbocycles. The van der Waals surface area contributed by atoms with Crippen molar-refractivity contribution in [2.45, 2.75) is 19.9 Å². The normalized spacial score (nSPS) is 17.5. The third-order valence-corrected chi connectivity index (χ3v) is 6.65. The molecule has 12 heteroatoms. The quantitative estimate of drug-likeness (QED) is 0.426. The minimum atomic E-state index is -0.845. The number of nitriles is 1. The molecule has 1 saturated heterocycles. The van der Waals surface area contributed by atoms with E-state index in [2.05, 4.69) is 21.4 Å². The average Bonchev–Trinajstić information content (AvgIpc) is 3.18. The number of carbonyl (C=O) groups is 1. The molecule has 3 heterocycles. The number of methoxy groups -OCH3 is 1. The minimum absolute atomic E-state index is 0.0407. The van der Waals surface area contributed by atoms with E-state index in [-0.39, 0.29) is 28.2 Å². The summed E-state index contributed by atoms with van der Waals surface area (Å²) < 4.78 is 6.72. The third kappa shape index (κ3) is 5.11. The summed E-state index contributed by atoms with van der Waals surface area (Å²) in [6, 6.07) is 9.39. The van der Waals surface area contributed by atoms with Gasteiger partial charge in [0, 0.05) is 26.0 Å². The van der Waals surface area contributed by atoms with Crippen LogP contribution in [0.15, 0.2) is 52.5 Å². The molecule has 2 aromatic heterocycles. The van der Waals surface area contributed by atoms with E-state index in [4.69, 9.17) is 26.7 Å². The molecule has 1 aliphatic rings. The topological polar surface area (TPSA) is 149 Å². The van der Waals surface area contributed by atoms with Gasteiger partial charge in [0.15, 0.2) is 0 Å². The van der Waals surface area contributed by atoms with Gasteiger partial charge in [-0.2, -0.15) is 10.2 Å². The molecule has 1 aliphatic heterocycles. The van der Waals surface area contributed by atoms with Gasteiger partial charge < -0.3 is 14.6 Å². The number of ether oxygens (including phenoxy) is 1. The molecule has 0 aliphatic carbocycles. The van der Waals surface area contributed by atoms with Crippen molar-refractivity contribution in [3.8, 4) is 11.9 Å². The first kappa shape index (κ1) is 27.5. The van der Waals surface area contributed by atoms with Crippen molar-refractivity contribution in [1.29, 1.82) is 10.7 Å². The number of aliphatic imine (C=N–C) groups is 1. The Morgan fingerprint density at radius 1 is 1.28 bits per heavy atom. The second kappa shape index (κ2) is 11.0. The van der Waals surface area contributed by atoms with E-state index in [0.717, 1.165) is 0 Å². The van der Waals surface area contributed by atoms with Crippen LogP contribution in [0.3, 0.4) is 0 Å². The highest BCUT2D eigenvalue weighted by Crippen LogP contribution is 2.42. The predicted molar refractivity (Wildman–Crippen MR) is 149 cm³/mol. The number of rotatable bonds is 7. The lowest BCUT2D eigenvalue weighted by molar-refractivity contribution is -0.112. The first-order chi connectivity index (χ1) is 18.6. The number of nitrogens with zero attached hydrogens (tertiary/aromatic N) is 6. The Balaban J connectivity index is 1.97. The Labute approximate surface area is 230 Å².